The van der Waals surface area contributed by atoms with Gasteiger partial charge in [0.05, 0.1) is 6.54 Å². The first-order chi connectivity index (χ1) is 9.56. The monoisotopic (exact) mass is 283 g/mol. The molecule has 1 saturated heterocycles. The van der Waals surface area contributed by atoms with E-state index in [0.717, 1.165) is 44.7 Å². The molecule has 1 aromatic rings. The zero-order valence-electron chi connectivity index (χ0n) is 11.6. The van der Waals surface area contributed by atoms with Gasteiger partial charge in [-0.25, -0.2) is 8.78 Å². The molecular formula is C15H19F2NO2. The van der Waals surface area contributed by atoms with Gasteiger partial charge in [0, 0.05) is 25.3 Å². The van der Waals surface area contributed by atoms with Crippen LogP contribution >= 0.6 is 0 Å². The van der Waals surface area contributed by atoms with Crippen LogP contribution in [-0.2, 0) is 4.74 Å². The SMILES string of the molecule is CN(CC(=O)c1ccc(F)c(F)c1)CC1CCOCC1. The molecule has 0 unspecified atom stereocenters. The van der Waals surface area contributed by atoms with Gasteiger partial charge in [-0.15, -0.1) is 0 Å². The van der Waals surface area contributed by atoms with Gasteiger partial charge in [0.2, 0.25) is 0 Å². The maximum Gasteiger partial charge on any atom is 0.176 e. The summed E-state index contributed by atoms with van der Waals surface area (Å²) in [6, 6.07) is 3.27. The molecule has 0 N–H and O–H groups in total. The zero-order valence-corrected chi connectivity index (χ0v) is 11.6. The van der Waals surface area contributed by atoms with Crippen LogP contribution in [0, 0.1) is 17.6 Å². The molecule has 0 atom stereocenters. The minimum Gasteiger partial charge on any atom is -0.381 e. The van der Waals surface area contributed by atoms with Crippen molar-refractivity contribution in [2.24, 2.45) is 5.92 Å². The Hall–Kier alpha value is -1.33. The highest BCUT2D eigenvalue weighted by Gasteiger charge is 2.18. The van der Waals surface area contributed by atoms with Gasteiger partial charge in [0.1, 0.15) is 0 Å². The molecule has 110 valence electrons. The number of hydrogen-bond donors (Lipinski definition) is 0. The standard InChI is InChI=1S/C15H19F2NO2/c1-18(9-11-4-6-20-7-5-11)10-15(19)12-2-3-13(16)14(17)8-12/h2-3,8,11H,4-7,9-10H2,1H3. The topological polar surface area (TPSA) is 29.5 Å². The molecule has 0 spiro atoms. The summed E-state index contributed by atoms with van der Waals surface area (Å²) in [5, 5.41) is 0. The van der Waals surface area contributed by atoms with Crippen LogP contribution in [0.4, 0.5) is 8.78 Å². The Kier molecular flexibility index (Phi) is 5.20. The van der Waals surface area contributed by atoms with Crippen molar-refractivity contribution < 1.29 is 18.3 Å². The van der Waals surface area contributed by atoms with E-state index in [1.54, 1.807) is 0 Å². The average molecular weight is 283 g/mol. The summed E-state index contributed by atoms with van der Waals surface area (Å²) >= 11 is 0. The minimum absolute atomic E-state index is 0.196. The number of ketones is 1. The largest absolute Gasteiger partial charge is 0.381 e. The molecule has 20 heavy (non-hydrogen) atoms. The first-order valence-corrected chi connectivity index (χ1v) is 6.81. The highest BCUT2D eigenvalue weighted by atomic mass is 19.2. The number of likely N-dealkylation sites (N-methyl/N-ethyl adjacent to an activating group) is 1. The summed E-state index contributed by atoms with van der Waals surface area (Å²) in [6.07, 6.45) is 2.01. The number of carbonyl (C=O) groups is 1. The number of ether oxygens (including phenoxy) is 1. The number of hydrogen-bond acceptors (Lipinski definition) is 3. The zero-order chi connectivity index (χ0) is 14.5. The van der Waals surface area contributed by atoms with Crippen molar-refractivity contribution in [2.45, 2.75) is 12.8 Å². The molecule has 3 nitrogen and oxygen atoms in total. The Morgan fingerprint density at radius 3 is 2.65 bits per heavy atom. The fourth-order valence-corrected chi connectivity index (χ4v) is 2.44. The van der Waals surface area contributed by atoms with E-state index in [2.05, 4.69) is 0 Å². The maximum absolute atomic E-state index is 13.1. The van der Waals surface area contributed by atoms with E-state index in [-0.39, 0.29) is 17.9 Å². The van der Waals surface area contributed by atoms with Gasteiger partial charge in [-0.2, -0.15) is 0 Å². The van der Waals surface area contributed by atoms with Gasteiger partial charge >= 0.3 is 0 Å². The summed E-state index contributed by atoms with van der Waals surface area (Å²) < 4.78 is 31.2. The molecule has 0 radical (unpaired) electrons. The lowest BCUT2D eigenvalue weighted by Crippen LogP contribution is -2.33. The Balaban J connectivity index is 1.87. The van der Waals surface area contributed by atoms with Crippen LogP contribution in [0.5, 0.6) is 0 Å². The second-order valence-electron chi connectivity index (χ2n) is 5.30. The third kappa shape index (κ3) is 4.08. The molecule has 1 aliphatic rings. The van der Waals surface area contributed by atoms with E-state index in [4.69, 9.17) is 4.74 Å². The van der Waals surface area contributed by atoms with Gasteiger partial charge < -0.3 is 4.74 Å². The Labute approximate surface area is 117 Å². The Bertz CT molecular complexity index is 473. The Morgan fingerprint density at radius 2 is 2.00 bits per heavy atom. The molecule has 5 heteroatoms. The van der Waals surface area contributed by atoms with Crippen molar-refractivity contribution >= 4 is 5.78 Å². The van der Waals surface area contributed by atoms with E-state index in [0.29, 0.717) is 5.92 Å². The van der Waals surface area contributed by atoms with E-state index in [1.165, 1.54) is 6.07 Å². The van der Waals surface area contributed by atoms with Gasteiger partial charge in [-0.1, -0.05) is 0 Å². The third-order valence-electron chi connectivity index (χ3n) is 3.57. The molecule has 1 heterocycles. The highest BCUT2D eigenvalue weighted by molar-refractivity contribution is 5.97. The van der Waals surface area contributed by atoms with Crippen molar-refractivity contribution in [3.63, 3.8) is 0 Å². The molecular weight excluding hydrogens is 264 g/mol. The molecule has 1 fully saturated rings. The fourth-order valence-electron chi connectivity index (χ4n) is 2.44. The molecule has 2 rings (SSSR count). The lowest BCUT2D eigenvalue weighted by molar-refractivity contribution is 0.0549. The minimum atomic E-state index is -0.983. The quantitative estimate of drug-likeness (QED) is 0.778. The van der Waals surface area contributed by atoms with Gasteiger partial charge in [0.15, 0.2) is 17.4 Å². The third-order valence-corrected chi connectivity index (χ3v) is 3.57. The molecule has 1 aromatic carbocycles. The lowest BCUT2D eigenvalue weighted by atomic mass is 9.99. The molecule has 0 saturated carbocycles. The number of rotatable bonds is 5. The maximum atomic E-state index is 13.1. The van der Waals surface area contributed by atoms with Crippen LogP contribution in [0.2, 0.25) is 0 Å². The number of halogens is 2. The number of benzene rings is 1. The van der Waals surface area contributed by atoms with E-state index >= 15 is 0 Å². The second-order valence-corrected chi connectivity index (χ2v) is 5.30. The number of carbonyl (C=O) groups excluding carboxylic acids is 1. The van der Waals surface area contributed by atoms with Crippen molar-refractivity contribution in [3.05, 3.63) is 35.4 Å². The van der Waals surface area contributed by atoms with Crippen LogP contribution in [0.25, 0.3) is 0 Å². The van der Waals surface area contributed by atoms with Crippen LogP contribution in [-0.4, -0.2) is 44.0 Å². The van der Waals surface area contributed by atoms with Crippen LogP contribution in [0.15, 0.2) is 18.2 Å². The second kappa shape index (κ2) is 6.90. The van der Waals surface area contributed by atoms with E-state index < -0.39 is 11.6 Å². The van der Waals surface area contributed by atoms with E-state index in [1.807, 2.05) is 11.9 Å². The van der Waals surface area contributed by atoms with E-state index in [9.17, 15) is 13.6 Å². The fraction of sp³-hybridized carbons (Fsp3) is 0.533. The smallest absolute Gasteiger partial charge is 0.176 e. The molecule has 0 aromatic heterocycles. The van der Waals surface area contributed by atoms with Crippen molar-refractivity contribution in [1.29, 1.82) is 0 Å². The highest BCUT2D eigenvalue weighted by Crippen LogP contribution is 2.16. The molecule has 0 bridgehead atoms. The van der Waals surface area contributed by atoms with Crippen molar-refractivity contribution in [1.82, 2.24) is 4.90 Å². The first kappa shape index (κ1) is 15.1. The predicted octanol–water partition coefficient (Wildman–Crippen LogP) is 2.51. The van der Waals surface area contributed by atoms with Gasteiger partial charge in [-0.3, -0.25) is 9.69 Å². The average Bonchev–Trinajstić information content (AvgIpc) is 2.42. The number of nitrogens with zero attached hydrogens (tertiary/aromatic N) is 1. The molecule has 1 aliphatic heterocycles. The first-order valence-electron chi connectivity index (χ1n) is 6.81. The summed E-state index contributed by atoms with van der Waals surface area (Å²) in [7, 11) is 1.87. The summed E-state index contributed by atoms with van der Waals surface area (Å²) in [5.41, 5.74) is 0.211. The van der Waals surface area contributed by atoms with Crippen LogP contribution in [0.3, 0.4) is 0 Å². The van der Waals surface area contributed by atoms with Gasteiger partial charge in [0.25, 0.3) is 0 Å². The lowest BCUT2D eigenvalue weighted by Gasteiger charge is -2.26. The van der Waals surface area contributed by atoms with Crippen LogP contribution in [0.1, 0.15) is 23.2 Å². The van der Waals surface area contributed by atoms with Crippen LogP contribution < -0.4 is 0 Å². The summed E-state index contributed by atoms with van der Waals surface area (Å²) in [4.78, 5) is 13.9. The predicted molar refractivity (Wildman–Crippen MR) is 71.7 cm³/mol. The van der Waals surface area contributed by atoms with Crippen molar-refractivity contribution in [2.75, 3.05) is 33.4 Å². The molecule has 0 amide bonds. The summed E-state index contributed by atoms with van der Waals surface area (Å²) in [5.74, 6) is -1.58. The Morgan fingerprint density at radius 1 is 1.30 bits per heavy atom. The summed E-state index contributed by atoms with van der Waals surface area (Å²) in [6.45, 7) is 2.58. The van der Waals surface area contributed by atoms with Crippen molar-refractivity contribution in [3.8, 4) is 0 Å². The normalized spacial score (nSPS) is 16.6. The molecule has 0 aliphatic carbocycles. The van der Waals surface area contributed by atoms with Gasteiger partial charge in [-0.05, 0) is 44.0 Å². The number of Topliss-reactive ketones (excluding diaryl/α,β-unsaturated/α-hetero) is 1.